The van der Waals surface area contributed by atoms with Crippen LogP contribution in [0.3, 0.4) is 0 Å². The first-order chi connectivity index (χ1) is 9.91. The van der Waals surface area contributed by atoms with Crippen LogP contribution in [0, 0.1) is 0 Å². The van der Waals surface area contributed by atoms with Crippen molar-refractivity contribution in [2.75, 3.05) is 6.54 Å². The Morgan fingerprint density at radius 3 is 2.90 bits per heavy atom. The Bertz CT molecular complexity index is 769. The van der Waals surface area contributed by atoms with Crippen LogP contribution in [0.5, 0.6) is 0 Å². The molecule has 1 atom stereocenters. The van der Waals surface area contributed by atoms with Crippen LogP contribution in [0.25, 0.3) is 0 Å². The maximum absolute atomic E-state index is 12.2. The number of sulfonamides is 1. The van der Waals surface area contributed by atoms with E-state index in [0.29, 0.717) is 6.42 Å². The second-order valence-corrected chi connectivity index (χ2v) is 7.13. The molecule has 0 fully saturated rings. The summed E-state index contributed by atoms with van der Waals surface area (Å²) in [5.74, 6) is 0. The predicted octanol–water partition coefficient (Wildman–Crippen LogP) is 0.532. The first-order valence-electron chi connectivity index (χ1n) is 6.70. The molecular weight excluding hydrogens is 290 g/mol. The molecule has 0 saturated carbocycles. The lowest BCUT2D eigenvalue weighted by Crippen LogP contribution is -2.39. The molecule has 2 N–H and O–H groups in total. The van der Waals surface area contributed by atoms with Gasteiger partial charge < -0.3 is 5.11 Å². The van der Waals surface area contributed by atoms with Gasteiger partial charge in [-0.2, -0.15) is 5.10 Å². The van der Waals surface area contributed by atoms with Crippen molar-refractivity contribution in [1.82, 2.24) is 14.5 Å². The smallest absolute Gasteiger partial charge is 0.243 e. The van der Waals surface area contributed by atoms with Gasteiger partial charge in [-0.3, -0.25) is 4.68 Å². The molecule has 1 aliphatic rings. The van der Waals surface area contributed by atoms with E-state index in [4.69, 9.17) is 0 Å². The fourth-order valence-electron chi connectivity index (χ4n) is 2.69. The molecule has 0 saturated heterocycles. The van der Waals surface area contributed by atoms with Gasteiger partial charge in [-0.25, -0.2) is 13.1 Å². The maximum Gasteiger partial charge on any atom is 0.243 e. The molecule has 1 aromatic carbocycles. The molecule has 21 heavy (non-hydrogen) atoms. The Labute approximate surface area is 123 Å². The van der Waals surface area contributed by atoms with Gasteiger partial charge in [0.05, 0.1) is 6.20 Å². The zero-order chi connectivity index (χ0) is 15.1. The summed E-state index contributed by atoms with van der Waals surface area (Å²) in [6.07, 6.45) is 3.98. The molecule has 3 rings (SSSR count). The number of nitrogens with one attached hydrogen (secondary N) is 1. The second-order valence-electron chi connectivity index (χ2n) is 5.36. The molecular formula is C14H17N3O3S. The highest BCUT2D eigenvalue weighted by Gasteiger charge is 2.37. The average molecular weight is 307 g/mol. The number of aliphatic hydroxyl groups is 1. The minimum atomic E-state index is -3.66. The van der Waals surface area contributed by atoms with Gasteiger partial charge in [-0.15, -0.1) is 0 Å². The predicted molar refractivity (Wildman–Crippen MR) is 77.1 cm³/mol. The van der Waals surface area contributed by atoms with Crippen LogP contribution in [-0.2, 0) is 29.1 Å². The molecule has 6 nitrogen and oxygen atoms in total. The number of hydrogen-bond donors (Lipinski definition) is 2. The summed E-state index contributed by atoms with van der Waals surface area (Å²) in [5, 5.41) is 14.6. The van der Waals surface area contributed by atoms with E-state index < -0.39 is 15.6 Å². The number of benzene rings is 1. The summed E-state index contributed by atoms with van der Waals surface area (Å²) < 4.78 is 28.3. The third-order valence-electron chi connectivity index (χ3n) is 3.87. The summed E-state index contributed by atoms with van der Waals surface area (Å²) in [7, 11) is -2.01. The molecule has 112 valence electrons. The summed E-state index contributed by atoms with van der Waals surface area (Å²) in [6.45, 7) is -0.0404. The zero-order valence-corrected chi connectivity index (χ0v) is 12.5. The van der Waals surface area contributed by atoms with Gasteiger partial charge >= 0.3 is 0 Å². The van der Waals surface area contributed by atoms with Crippen molar-refractivity contribution in [2.45, 2.75) is 23.3 Å². The molecule has 0 amide bonds. The highest BCUT2D eigenvalue weighted by atomic mass is 32.2. The van der Waals surface area contributed by atoms with Crippen LogP contribution in [0.1, 0.15) is 17.5 Å². The molecule has 0 bridgehead atoms. The first kappa shape index (κ1) is 14.2. The van der Waals surface area contributed by atoms with Crippen LogP contribution in [-0.4, -0.2) is 29.8 Å². The number of rotatable bonds is 4. The van der Waals surface area contributed by atoms with Gasteiger partial charge in [-0.1, -0.05) is 24.3 Å². The van der Waals surface area contributed by atoms with Gasteiger partial charge in [0.25, 0.3) is 0 Å². The molecule has 1 heterocycles. The van der Waals surface area contributed by atoms with Gasteiger partial charge in [0, 0.05) is 19.8 Å². The number of aromatic nitrogens is 2. The Kier molecular flexibility index (Phi) is 3.35. The Balaban J connectivity index is 1.79. The largest absolute Gasteiger partial charge is 0.384 e. The van der Waals surface area contributed by atoms with Crippen LogP contribution >= 0.6 is 0 Å². The highest BCUT2D eigenvalue weighted by Crippen LogP contribution is 2.36. The average Bonchev–Trinajstić information content (AvgIpc) is 3.04. The molecule has 1 unspecified atom stereocenters. The van der Waals surface area contributed by atoms with E-state index in [1.807, 2.05) is 24.3 Å². The molecule has 7 heteroatoms. The van der Waals surface area contributed by atoms with E-state index in [2.05, 4.69) is 9.82 Å². The summed E-state index contributed by atoms with van der Waals surface area (Å²) in [6, 6.07) is 7.58. The summed E-state index contributed by atoms with van der Waals surface area (Å²) >= 11 is 0. The van der Waals surface area contributed by atoms with Crippen LogP contribution in [0.15, 0.2) is 41.6 Å². The fourth-order valence-corrected chi connectivity index (χ4v) is 3.76. The van der Waals surface area contributed by atoms with E-state index in [9.17, 15) is 13.5 Å². The van der Waals surface area contributed by atoms with Crippen molar-refractivity contribution in [3.05, 3.63) is 47.8 Å². The van der Waals surface area contributed by atoms with E-state index in [1.54, 1.807) is 7.05 Å². The monoisotopic (exact) mass is 307 g/mol. The van der Waals surface area contributed by atoms with Gasteiger partial charge in [0.2, 0.25) is 10.0 Å². The van der Waals surface area contributed by atoms with Gasteiger partial charge in [0.1, 0.15) is 10.5 Å². The fraction of sp³-hybridized carbons (Fsp3) is 0.357. The number of nitrogens with zero attached hydrogens (tertiary/aromatic N) is 2. The van der Waals surface area contributed by atoms with Crippen molar-refractivity contribution in [1.29, 1.82) is 0 Å². The van der Waals surface area contributed by atoms with Crippen LogP contribution in [0.4, 0.5) is 0 Å². The molecule has 1 aromatic heterocycles. The Hall–Kier alpha value is -1.70. The van der Waals surface area contributed by atoms with Crippen molar-refractivity contribution < 1.29 is 13.5 Å². The number of hydrogen-bond acceptors (Lipinski definition) is 4. The third-order valence-corrected chi connectivity index (χ3v) is 5.23. The van der Waals surface area contributed by atoms with E-state index in [0.717, 1.165) is 17.5 Å². The van der Waals surface area contributed by atoms with E-state index >= 15 is 0 Å². The minimum Gasteiger partial charge on any atom is -0.384 e. The third kappa shape index (κ3) is 2.59. The van der Waals surface area contributed by atoms with Crippen molar-refractivity contribution in [2.24, 2.45) is 7.05 Å². The Morgan fingerprint density at radius 2 is 2.19 bits per heavy atom. The molecule has 2 aromatic rings. The topological polar surface area (TPSA) is 84.2 Å². The lowest BCUT2D eigenvalue weighted by atomic mass is 9.96. The van der Waals surface area contributed by atoms with Crippen molar-refractivity contribution >= 4 is 10.0 Å². The van der Waals surface area contributed by atoms with E-state index in [-0.39, 0.29) is 11.4 Å². The standard InChI is InChI=1S/C14H17N3O3S/c1-17-9-12(8-15-17)21(19,20)16-10-14(18)7-6-11-4-2-3-5-13(11)14/h2-5,8-9,16,18H,6-7,10H2,1H3. The van der Waals surface area contributed by atoms with Crippen molar-refractivity contribution in [3.8, 4) is 0 Å². The van der Waals surface area contributed by atoms with Gasteiger partial charge in [-0.05, 0) is 24.0 Å². The molecule has 0 aliphatic heterocycles. The first-order valence-corrected chi connectivity index (χ1v) is 8.18. The molecule has 0 spiro atoms. The normalized spacial score (nSPS) is 21.4. The number of aryl methyl sites for hydroxylation is 2. The number of fused-ring (bicyclic) bond motifs is 1. The van der Waals surface area contributed by atoms with Crippen LogP contribution in [0.2, 0.25) is 0 Å². The maximum atomic E-state index is 12.2. The van der Waals surface area contributed by atoms with Crippen molar-refractivity contribution in [3.63, 3.8) is 0 Å². The SMILES string of the molecule is Cn1cc(S(=O)(=O)NCC2(O)CCc3ccccc32)cn1. The highest BCUT2D eigenvalue weighted by molar-refractivity contribution is 7.89. The molecule has 0 radical (unpaired) electrons. The zero-order valence-electron chi connectivity index (χ0n) is 11.7. The minimum absolute atomic E-state index is 0.0404. The lowest BCUT2D eigenvalue weighted by molar-refractivity contribution is 0.0442. The summed E-state index contributed by atoms with van der Waals surface area (Å²) in [5.41, 5.74) is 0.728. The van der Waals surface area contributed by atoms with E-state index in [1.165, 1.54) is 17.1 Å². The second kappa shape index (κ2) is 4.94. The lowest BCUT2D eigenvalue weighted by Gasteiger charge is -2.24. The summed E-state index contributed by atoms with van der Waals surface area (Å²) in [4.78, 5) is 0.0971. The quantitative estimate of drug-likeness (QED) is 0.863. The molecule has 1 aliphatic carbocycles. The van der Waals surface area contributed by atoms with Gasteiger partial charge in [0.15, 0.2) is 0 Å². The van der Waals surface area contributed by atoms with Crippen LogP contribution < -0.4 is 4.72 Å². The Morgan fingerprint density at radius 1 is 1.43 bits per heavy atom.